The van der Waals surface area contributed by atoms with Crippen LogP contribution in [-0.2, 0) is 9.53 Å². The van der Waals surface area contributed by atoms with Crippen molar-refractivity contribution in [3.05, 3.63) is 54.0 Å². The molecule has 3 amide bonds. The summed E-state index contributed by atoms with van der Waals surface area (Å²) in [6.45, 7) is 2.17. The normalized spacial score (nSPS) is 19.2. The summed E-state index contributed by atoms with van der Waals surface area (Å²) in [5.41, 5.74) is 0.922. The molecule has 4 rings (SSSR count). The lowest BCUT2D eigenvalue weighted by Crippen LogP contribution is -2.41. The average Bonchev–Trinajstić information content (AvgIpc) is 3.52. The van der Waals surface area contributed by atoms with Crippen LogP contribution in [0.5, 0.6) is 0 Å². The Kier molecular flexibility index (Phi) is 6.66. The van der Waals surface area contributed by atoms with Crippen molar-refractivity contribution in [2.45, 2.75) is 31.8 Å². The van der Waals surface area contributed by atoms with Gasteiger partial charge in [-0.25, -0.2) is 0 Å². The summed E-state index contributed by atoms with van der Waals surface area (Å²) in [5.74, 6) is -0.429. The summed E-state index contributed by atoms with van der Waals surface area (Å²) in [4.78, 5) is 39.6. The summed E-state index contributed by atoms with van der Waals surface area (Å²) in [7, 11) is 0. The molecule has 2 fully saturated rings. The number of hydrogen-bond donors (Lipinski definition) is 2. The number of anilines is 1. The number of hydrogen-bond acceptors (Lipinski definition) is 5. The van der Waals surface area contributed by atoms with Crippen molar-refractivity contribution in [1.82, 2.24) is 10.2 Å². The van der Waals surface area contributed by atoms with E-state index >= 15 is 0 Å². The second kappa shape index (κ2) is 9.78. The van der Waals surface area contributed by atoms with Gasteiger partial charge in [-0.2, -0.15) is 0 Å². The van der Waals surface area contributed by atoms with E-state index in [0.29, 0.717) is 49.5 Å². The number of likely N-dealkylation sites (tertiary alicyclic amines) is 1. The van der Waals surface area contributed by atoms with Crippen molar-refractivity contribution in [3.63, 3.8) is 0 Å². The van der Waals surface area contributed by atoms with Crippen molar-refractivity contribution in [2.24, 2.45) is 5.92 Å². The van der Waals surface area contributed by atoms with Crippen LogP contribution >= 0.6 is 0 Å². The maximum Gasteiger partial charge on any atom is 0.289 e. The molecule has 0 radical (unpaired) electrons. The fourth-order valence-electron chi connectivity index (χ4n) is 4.03. The highest BCUT2D eigenvalue weighted by atomic mass is 16.5. The summed E-state index contributed by atoms with van der Waals surface area (Å²) in [5, 5.41) is 5.81. The standard InChI is InChI=1S/C23H27N3O5/c27-21(16-9-11-26(12-10-16)23(29)20-8-4-14-31-20)25-19-7-2-1-6-18(19)22(28)24-15-17-5-3-13-30-17/h1-2,4,6-8,14,16-17H,3,5,9-13,15H2,(H,24,28)(H,25,27)/t17-/m1/s1. The van der Waals surface area contributed by atoms with Crippen LogP contribution in [0.4, 0.5) is 5.69 Å². The van der Waals surface area contributed by atoms with Gasteiger partial charge < -0.3 is 24.7 Å². The van der Waals surface area contributed by atoms with Crippen LogP contribution < -0.4 is 10.6 Å². The van der Waals surface area contributed by atoms with Gasteiger partial charge in [-0.05, 0) is 49.9 Å². The van der Waals surface area contributed by atoms with Crippen molar-refractivity contribution >= 4 is 23.4 Å². The molecule has 3 heterocycles. The Bertz CT molecular complexity index is 913. The van der Waals surface area contributed by atoms with E-state index in [-0.39, 0.29) is 29.7 Å². The highest BCUT2D eigenvalue weighted by molar-refractivity contribution is 6.04. The van der Waals surface area contributed by atoms with E-state index in [9.17, 15) is 14.4 Å². The van der Waals surface area contributed by atoms with Crippen molar-refractivity contribution in [1.29, 1.82) is 0 Å². The Morgan fingerprint density at radius 2 is 1.84 bits per heavy atom. The van der Waals surface area contributed by atoms with Gasteiger partial charge >= 0.3 is 0 Å². The molecule has 1 atom stereocenters. The Morgan fingerprint density at radius 3 is 2.55 bits per heavy atom. The number of furan rings is 1. The molecule has 1 aromatic carbocycles. The molecule has 2 saturated heterocycles. The first kappa shape index (κ1) is 21.1. The van der Waals surface area contributed by atoms with Crippen LogP contribution in [0.3, 0.4) is 0 Å². The van der Waals surface area contributed by atoms with Gasteiger partial charge in [0.15, 0.2) is 5.76 Å². The van der Waals surface area contributed by atoms with Gasteiger partial charge in [0.1, 0.15) is 0 Å². The summed E-state index contributed by atoms with van der Waals surface area (Å²) < 4.78 is 10.7. The lowest BCUT2D eigenvalue weighted by atomic mass is 9.95. The predicted molar refractivity (Wildman–Crippen MR) is 114 cm³/mol. The molecule has 0 aliphatic carbocycles. The third-order valence-electron chi connectivity index (χ3n) is 5.83. The predicted octanol–water partition coefficient (Wildman–Crippen LogP) is 2.68. The number of nitrogens with zero attached hydrogens (tertiary/aromatic N) is 1. The summed E-state index contributed by atoms with van der Waals surface area (Å²) in [6.07, 6.45) is 4.61. The first-order valence-corrected chi connectivity index (χ1v) is 10.7. The number of nitrogens with one attached hydrogen (secondary N) is 2. The minimum absolute atomic E-state index is 0.0553. The van der Waals surface area contributed by atoms with Crippen LogP contribution in [0.1, 0.15) is 46.6 Å². The SMILES string of the molecule is O=C(NC[C@H]1CCCO1)c1ccccc1NC(=O)C1CCN(C(=O)c2ccco2)CC1. The fourth-order valence-corrected chi connectivity index (χ4v) is 4.03. The molecule has 1 aromatic heterocycles. The van der Waals surface area contributed by atoms with Gasteiger partial charge in [0.2, 0.25) is 5.91 Å². The molecule has 0 unspecified atom stereocenters. The molecular weight excluding hydrogens is 398 g/mol. The second-order valence-corrected chi connectivity index (χ2v) is 7.92. The highest BCUT2D eigenvalue weighted by Gasteiger charge is 2.29. The molecule has 164 valence electrons. The van der Waals surface area contributed by atoms with Crippen molar-refractivity contribution in [3.8, 4) is 0 Å². The second-order valence-electron chi connectivity index (χ2n) is 7.92. The monoisotopic (exact) mass is 425 g/mol. The van der Waals surface area contributed by atoms with Crippen LogP contribution in [0, 0.1) is 5.92 Å². The Morgan fingerprint density at radius 1 is 1.03 bits per heavy atom. The zero-order valence-corrected chi connectivity index (χ0v) is 17.3. The zero-order chi connectivity index (χ0) is 21.6. The molecule has 31 heavy (non-hydrogen) atoms. The van der Waals surface area contributed by atoms with E-state index in [1.165, 1.54) is 6.26 Å². The molecular formula is C23H27N3O5. The minimum atomic E-state index is -0.231. The Hall–Kier alpha value is -3.13. The number of amides is 3. The van der Waals surface area contributed by atoms with Gasteiger partial charge in [0, 0.05) is 32.2 Å². The molecule has 2 N–H and O–H groups in total. The molecule has 0 spiro atoms. The molecule has 2 aliphatic rings. The van der Waals surface area contributed by atoms with E-state index in [1.807, 2.05) is 0 Å². The Balaban J connectivity index is 1.31. The number of rotatable bonds is 6. The molecule has 8 heteroatoms. The number of carbonyl (C=O) groups excluding carboxylic acids is 3. The van der Waals surface area contributed by atoms with Crippen LogP contribution in [-0.4, -0.2) is 55.0 Å². The van der Waals surface area contributed by atoms with Crippen LogP contribution in [0.15, 0.2) is 47.1 Å². The van der Waals surface area contributed by atoms with E-state index in [2.05, 4.69) is 10.6 Å². The topological polar surface area (TPSA) is 101 Å². The quantitative estimate of drug-likeness (QED) is 0.741. The summed E-state index contributed by atoms with van der Waals surface area (Å²) in [6, 6.07) is 10.3. The molecule has 2 aromatic rings. The van der Waals surface area contributed by atoms with Gasteiger partial charge in [0.25, 0.3) is 11.8 Å². The molecule has 2 aliphatic heterocycles. The van der Waals surface area contributed by atoms with E-state index in [4.69, 9.17) is 9.15 Å². The zero-order valence-electron chi connectivity index (χ0n) is 17.3. The van der Waals surface area contributed by atoms with Gasteiger partial charge in [0.05, 0.1) is 23.6 Å². The lowest BCUT2D eigenvalue weighted by molar-refractivity contribution is -0.121. The smallest absolute Gasteiger partial charge is 0.289 e. The van der Waals surface area contributed by atoms with Gasteiger partial charge in [-0.3, -0.25) is 14.4 Å². The fraction of sp³-hybridized carbons (Fsp3) is 0.435. The van der Waals surface area contributed by atoms with E-state index < -0.39 is 0 Å². The first-order valence-electron chi connectivity index (χ1n) is 10.7. The third-order valence-corrected chi connectivity index (χ3v) is 5.83. The van der Waals surface area contributed by atoms with E-state index in [1.54, 1.807) is 41.3 Å². The molecule has 0 bridgehead atoms. The van der Waals surface area contributed by atoms with E-state index in [0.717, 1.165) is 19.4 Å². The lowest BCUT2D eigenvalue weighted by Gasteiger charge is -2.30. The maximum atomic E-state index is 12.8. The number of carbonyl (C=O) groups is 3. The van der Waals surface area contributed by atoms with Crippen LogP contribution in [0.2, 0.25) is 0 Å². The van der Waals surface area contributed by atoms with Crippen molar-refractivity contribution in [2.75, 3.05) is 31.6 Å². The first-order chi connectivity index (χ1) is 15.1. The third kappa shape index (κ3) is 5.14. The number of piperidine rings is 1. The molecule has 0 saturated carbocycles. The highest BCUT2D eigenvalue weighted by Crippen LogP contribution is 2.23. The average molecular weight is 425 g/mol. The van der Waals surface area contributed by atoms with Crippen molar-refractivity contribution < 1.29 is 23.5 Å². The molecule has 8 nitrogen and oxygen atoms in total. The van der Waals surface area contributed by atoms with Gasteiger partial charge in [-0.15, -0.1) is 0 Å². The Labute approximate surface area is 180 Å². The summed E-state index contributed by atoms with van der Waals surface area (Å²) >= 11 is 0. The largest absolute Gasteiger partial charge is 0.459 e. The number of benzene rings is 1. The van der Waals surface area contributed by atoms with Gasteiger partial charge in [-0.1, -0.05) is 12.1 Å². The van der Waals surface area contributed by atoms with Crippen LogP contribution in [0.25, 0.3) is 0 Å². The minimum Gasteiger partial charge on any atom is -0.459 e. The number of para-hydroxylation sites is 1. The number of ether oxygens (including phenoxy) is 1. The maximum absolute atomic E-state index is 12.8.